The Hall–Kier alpha value is -1.92. The van der Waals surface area contributed by atoms with Crippen LogP contribution in [-0.2, 0) is 10.0 Å². The number of nitrogens with zero attached hydrogens (tertiary/aromatic N) is 3. The molecule has 27 heavy (non-hydrogen) atoms. The fourth-order valence-corrected chi connectivity index (χ4v) is 3.69. The molecule has 2 rings (SSSR count). The first-order chi connectivity index (χ1) is 12.7. The van der Waals surface area contributed by atoms with Gasteiger partial charge in [-0.1, -0.05) is 0 Å². The fourth-order valence-electron chi connectivity index (χ4n) is 2.69. The van der Waals surface area contributed by atoms with Gasteiger partial charge in [0.05, 0.1) is 6.54 Å². The van der Waals surface area contributed by atoms with Crippen LogP contribution in [0.15, 0.2) is 34.4 Å². The van der Waals surface area contributed by atoms with Crippen molar-refractivity contribution < 1.29 is 21.6 Å². The van der Waals surface area contributed by atoms with Crippen molar-refractivity contribution in [1.82, 2.24) is 25.2 Å². The van der Waals surface area contributed by atoms with E-state index in [4.69, 9.17) is 0 Å². The highest BCUT2D eigenvalue weighted by molar-refractivity contribution is 7.89. The van der Waals surface area contributed by atoms with Gasteiger partial charge >= 0.3 is 6.18 Å². The van der Waals surface area contributed by atoms with Crippen molar-refractivity contribution in [2.75, 3.05) is 39.8 Å². The molecule has 1 fully saturated rings. The number of halogens is 3. The molecule has 1 unspecified atom stereocenters. The van der Waals surface area contributed by atoms with Gasteiger partial charge in [0.25, 0.3) is 0 Å². The van der Waals surface area contributed by atoms with Crippen LogP contribution in [0.4, 0.5) is 13.2 Å². The molecular weight excluding hydrogens is 385 g/mol. The first-order valence-corrected chi connectivity index (χ1v) is 9.84. The highest BCUT2D eigenvalue weighted by Crippen LogP contribution is 2.19. The third-order valence-electron chi connectivity index (χ3n) is 3.89. The number of alkyl halides is 3. The molecule has 12 heteroatoms. The van der Waals surface area contributed by atoms with Crippen molar-refractivity contribution in [3.8, 4) is 0 Å². The number of pyridine rings is 1. The number of rotatable bonds is 7. The molecule has 1 aliphatic rings. The summed E-state index contributed by atoms with van der Waals surface area (Å²) < 4.78 is 63.8. The highest BCUT2D eigenvalue weighted by atomic mass is 32.2. The van der Waals surface area contributed by atoms with Gasteiger partial charge in [0.15, 0.2) is 5.96 Å². The van der Waals surface area contributed by atoms with Gasteiger partial charge in [0.2, 0.25) is 10.0 Å². The minimum Gasteiger partial charge on any atom is -0.355 e. The van der Waals surface area contributed by atoms with Crippen LogP contribution in [0.25, 0.3) is 0 Å². The zero-order valence-electron chi connectivity index (χ0n) is 14.8. The van der Waals surface area contributed by atoms with Gasteiger partial charge in [-0.15, -0.1) is 0 Å². The number of aliphatic imine (C=N–C) groups is 1. The summed E-state index contributed by atoms with van der Waals surface area (Å²) in [5, 5.41) is 5.99. The summed E-state index contributed by atoms with van der Waals surface area (Å²) in [6, 6.07) is 2.82. The van der Waals surface area contributed by atoms with Crippen LogP contribution >= 0.6 is 0 Å². The standard InChI is InChI=1S/C15H23F3N6O2S/c1-19-14(23-12-4-8-24(10-12)11-15(16,17)18)21-6-7-22-27(25,26)13-3-2-5-20-9-13/h2-3,5,9,12,22H,4,6-8,10-11H2,1H3,(H2,19,21,23). The molecule has 3 N–H and O–H groups in total. The van der Waals surface area contributed by atoms with E-state index in [9.17, 15) is 21.6 Å². The molecule has 0 bridgehead atoms. The zero-order chi connectivity index (χ0) is 19.9. The van der Waals surface area contributed by atoms with E-state index in [-0.39, 0.29) is 30.6 Å². The Morgan fingerprint density at radius 2 is 2.19 bits per heavy atom. The van der Waals surface area contributed by atoms with Crippen LogP contribution in [0.2, 0.25) is 0 Å². The lowest BCUT2D eigenvalue weighted by atomic mass is 10.3. The summed E-state index contributed by atoms with van der Waals surface area (Å²) in [6.45, 7) is 0.0845. The van der Waals surface area contributed by atoms with E-state index in [1.54, 1.807) is 0 Å². The number of sulfonamides is 1. The smallest absolute Gasteiger partial charge is 0.355 e. The van der Waals surface area contributed by atoms with Crippen molar-refractivity contribution >= 4 is 16.0 Å². The van der Waals surface area contributed by atoms with Gasteiger partial charge in [-0.2, -0.15) is 13.2 Å². The first kappa shape index (κ1) is 21.4. The number of hydrogen-bond donors (Lipinski definition) is 3. The topological polar surface area (TPSA) is 98.7 Å². The summed E-state index contributed by atoms with van der Waals surface area (Å²) >= 11 is 0. The van der Waals surface area contributed by atoms with E-state index in [0.717, 1.165) is 0 Å². The lowest BCUT2D eigenvalue weighted by Crippen LogP contribution is -2.47. The van der Waals surface area contributed by atoms with Gasteiger partial charge in [0, 0.05) is 51.7 Å². The van der Waals surface area contributed by atoms with Gasteiger partial charge < -0.3 is 10.6 Å². The SMILES string of the molecule is CN=C(NCCNS(=O)(=O)c1cccnc1)NC1CCN(CC(F)(F)F)C1. The summed E-state index contributed by atoms with van der Waals surface area (Å²) in [4.78, 5) is 9.19. The molecule has 1 aliphatic heterocycles. The first-order valence-electron chi connectivity index (χ1n) is 8.35. The Morgan fingerprint density at radius 1 is 1.41 bits per heavy atom. The van der Waals surface area contributed by atoms with Gasteiger partial charge in [0.1, 0.15) is 4.90 Å². The van der Waals surface area contributed by atoms with E-state index in [2.05, 4.69) is 25.3 Å². The Morgan fingerprint density at radius 3 is 2.81 bits per heavy atom. The second-order valence-corrected chi connectivity index (χ2v) is 7.83. The predicted molar refractivity (Wildman–Crippen MR) is 94.8 cm³/mol. The van der Waals surface area contributed by atoms with Crippen LogP contribution in [0.5, 0.6) is 0 Å². The molecular formula is C15H23F3N6O2S. The molecule has 1 aromatic rings. The largest absolute Gasteiger partial charge is 0.401 e. The zero-order valence-corrected chi connectivity index (χ0v) is 15.6. The quantitative estimate of drug-likeness (QED) is 0.338. The number of nitrogens with one attached hydrogen (secondary N) is 3. The molecule has 8 nitrogen and oxygen atoms in total. The van der Waals surface area contributed by atoms with Crippen LogP contribution in [0, 0.1) is 0 Å². The number of hydrogen-bond acceptors (Lipinski definition) is 5. The Labute approximate surface area is 156 Å². The second kappa shape index (κ2) is 9.33. The van der Waals surface area contributed by atoms with E-state index >= 15 is 0 Å². The van der Waals surface area contributed by atoms with Gasteiger partial charge in [-0.25, -0.2) is 13.1 Å². The lowest BCUT2D eigenvalue weighted by molar-refractivity contribution is -0.143. The molecule has 0 aliphatic carbocycles. The molecule has 0 radical (unpaired) electrons. The summed E-state index contributed by atoms with van der Waals surface area (Å²) in [7, 11) is -2.10. The van der Waals surface area contributed by atoms with E-state index in [0.29, 0.717) is 18.9 Å². The van der Waals surface area contributed by atoms with Crippen molar-refractivity contribution in [3.63, 3.8) is 0 Å². The van der Waals surface area contributed by atoms with Gasteiger partial charge in [-0.3, -0.25) is 14.9 Å². The van der Waals surface area contributed by atoms with Crippen molar-refractivity contribution in [3.05, 3.63) is 24.5 Å². The maximum absolute atomic E-state index is 12.4. The molecule has 0 aromatic carbocycles. The minimum atomic E-state index is -4.21. The third-order valence-corrected chi connectivity index (χ3v) is 5.34. The molecule has 2 heterocycles. The van der Waals surface area contributed by atoms with Crippen LogP contribution in [0.1, 0.15) is 6.42 Å². The average Bonchev–Trinajstić information content (AvgIpc) is 3.03. The van der Waals surface area contributed by atoms with E-state index in [1.165, 1.54) is 36.5 Å². The molecule has 1 saturated heterocycles. The third kappa shape index (κ3) is 7.31. The van der Waals surface area contributed by atoms with E-state index in [1.807, 2.05) is 0 Å². The van der Waals surface area contributed by atoms with Crippen LogP contribution < -0.4 is 15.4 Å². The second-order valence-electron chi connectivity index (χ2n) is 6.07. The molecule has 0 amide bonds. The fraction of sp³-hybridized carbons (Fsp3) is 0.600. The molecule has 1 atom stereocenters. The maximum atomic E-state index is 12.4. The molecule has 0 spiro atoms. The van der Waals surface area contributed by atoms with Crippen molar-refractivity contribution in [2.24, 2.45) is 4.99 Å². The minimum absolute atomic E-state index is 0.0724. The number of aromatic nitrogens is 1. The average molecular weight is 408 g/mol. The van der Waals surface area contributed by atoms with Crippen LogP contribution in [-0.4, -0.2) is 76.3 Å². The molecule has 1 aromatic heterocycles. The molecule has 0 saturated carbocycles. The predicted octanol–water partition coefficient (Wildman–Crippen LogP) is 0.162. The Kier molecular flexibility index (Phi) is 7.39. The molecule has 152 valence electrons. The number of guanidine groups is 1. The van der Waals surface area contributed by atoms with Crippen LogP contribution in [0.3, 0.4) is 0 Å². The van der Waals surface area contributed by atoms with Gasteiger partial charge in [-0.05, 0) is 18.6 Å². The lowest BCUT2D eigenvalue weighted by Gasteiger charge is -2.19. The maximum Gasteiger partial charge on any atom is 0.401 e. The van der Waals surface area contributed by atoms with Crippen molar-refractivity contribution in [2.45, 2.75) is 23.5 Å². The summed E-state index contributed by atoms with van der Waals surface area (Å²) in [6.07, 6.45) is -0.900. The van der Waals surface area contributed by atoms with E-state index < -0.39 is 22.7 Å². The Balaban J connectivity index is 1.72. The number of likely N-dealkylation sites (tertiary alicyclic amines) is 1. The highest BCUT2D eigenvalue weighted by Gasteiger charge is 2.34. The summed E-state index contributed by atoms with van der Waals surface area (Å²) in [5.74, 6) is 0.412. The normalized spacial score (nSPS) is 19.3. The van der Waals surface area contributed by atoms with Crippen molar-refractivity contribution in [1.29, 1.82) is 0 Å². The summed E-state index contributed by atoms with van der Waals surface area (Å²) in [5.41, 5.74) is 0. The monoisotopic (exact) mass is 408 g/mol. The Bertz CT molecular complexity index is 727.